The van der Waals surface area contributed by atoms with Gasteiger partial charge in [-0.15, -0.1) is 5.10 Å². The lowest BCUT2D eigenvalue weighted by molar-refractivity contribution is 0.255. The Morgan fingerprint density at radius 2 is 1.67 bits per heavy atom. The highest BCUT2D eigenvalue weighted by Gasteiger charge is 2.40. The monoisotopic (exact) mass is 521 g/mol. The van der Waals surface area contributed by atoms with Gasteiger partial charge < -0.3 is 4.74 Å². The maximum Gasteiger partial charge on any atom is 0.329 e. The summed E-state index contributed by atoms with van der Waals surface area (Å²) >= 11 is 6.08. The first kappa shape index (κ1) is 23.7. The van der Waals surface area contributed by atoms with Crippen LogP contribution in [0, 0.1) is 0 Å². The first-order chi connectivity index (χ1) is 17.3. The van der Waals surface area contributed by atoms with E-state index in [9.17, 15) is 13.2 Å². The standard InChI is InChI=1S/C25H20ClN5O4S/c26-18-6-8-20(9-7-18)31-23(17-3-1-4-21(15-17)35-24-5-2-14-28-29-24)16-30(25(31)32)19-10-12-22(13-11-19)36(27,33)34/h1-15,23H,16H2,(H2,27,33,34)/t23-/m1/s1. The second-order valence-corrected chi connectivity index (χ2v) is 10.0. The molecular formula is C25H20ClN5O4S. The van der Waals surface area contributed by atoms with Crippen LogP contribution >= 0.6 is 11.6 Å². The minimum absolute atomic E-state index is 0.0298. The quantitative estimate of drug-likeness (QED) is 0.391. The molecule has 9 nitrogen and oxygen atoms in total. The number of hydrogen-bond acceptors (Lipinski definition) is 6. The van der Waals surface area contributed by atoms with Crippen LogP contribution in [0.3, 0.4) is 0 Å². The molecule has 0 spiro atoms. The van der Waals surface area contributed by atoms with E-state index in [1.807, 2.05) is 18.2 Å². The van der Waals surface area contributed by atoms with Gasteiger partial charge in [-0.05, 0) is 72.3 Å². The van der Waals surface area contributed by atoms with Crippen molar-refractivity contribution in [3.63, 3.8) is 0 Å². The van der Waals surface area contributed by atoms with Crippen molar-refractivity contribution in [2.24, 2.45) is 5.14 Å². The fourth-order valence-corrected chi connectivity index (χ4v) is 4.66. The predicted molar refractivity (Wildman–Crippen MR) is 136 cm³/mol. The van der Waals surface area contributed by atoms with Crippen LogP contribution in [0.5, 0.6) is 11.6 Å². The molecule has 0 bridgehead atoms. The van der Waals surface area contributed by atoms with Crippen molar-refractivity contribution in [3.05, 3.63) is 102 Å². The number of carbonyl (C=O) groups is 1. The zero-order valence-electron chi connectivity index (χ0n) is 18.7. The number of nitrogens with zero attached hydrogens (tertiary/aromatic N) is 4. The fourth-order valence-electron chi connectivity index (χ4n) is 4.02. The van der Waals surface area contributed by atoms with Crippen molar-refractivity contribution in [2.45, 2.75) is 10.9 Å². The molecule has 0 saturated carbocycles. The van der Waals surface area contributed by atoms with Gasteiger partial charge in [0.25, 0.3) is 0 Å². The van der Waals surface area contributed by atoms with Gasteiger partial charge in [0.1, 0.15) is 5.75 Å². The summed E-state index contributed by atoms with van der Waals surface area (Å²) in [5, 5.41) is 13.5. The normalized spacial score (nSPS) is 15.8. The Balaban J connectivity index is 1.51. The Labute approximate surface area is 212 Å². The Hall–Kier alpha value is -3.99. The number of hydrogen-bond donors (Lipinski definition) is 1. The molecule has 36 heavy (non-hydrogen) atoms. The highest BCUT2D eigenvalue weighted by Crippen LogP contribution is 2.38. The van der Waals surface area contributed by atoms with Crippen molar-refractivity contribution in [1.82, 2.24) is 10.2 Å². The van der Waals surface area contributed by atoms with E-state index in [1.54, 1.807) is 70.6 Å². The molecule has 182 valence electrons. The number of primary sulfonamides is 1. The van der Waals surface area contributed by atoms with E-state index in [2.05, 4.69) is 10.2 Å². The molecule has 1 aromatic heterocycles. The van der Waals surface area contributed by atoms with Crippen LogP contribution in [0.25, 0.3) is 0 Å². The summed E-state index contributed by atoms with van der Waals surface area (Å²) in [5.74, 6) is 0.899. The average molecular weight is 522 g/mol. The Bertz CT molecular complexity index is 1500. The maximum atomic E-state index is 13.7. The van der Waals surface area contributed by atoms with Gasteiger partial charge >= 0.3 is 6.03 Å². The first-order valence-corrected chi connectivity index (χ1v) is 12.8. The molecule has 1 aliphatic heterocycles. The van der Waals surface area contributed by atoms with Crippen LogP contribution in [0.2, 0.25) is 5.02 Å². The Morgan fingerprint density at radius 3 is 2.33 bits per heavy atom. The molecule has 1 saturated heterocycles. The number of sulfonamides is 1. The van der Waals surface area contributed by atoms with Crippen molar-refractivity contribution < 1.29 is 17.9 Å². The van der Waals surface area contributed by atoms with E-state index in [0.717, 1.165) is 5.56 Å². The van der Waals surface area contributed by atoms with E-state index >= 15 is 0 Å². The number of benzene rings is 3. The second kappa shape index (κ2) is 9.57. The summed E-state index contributed by atoms with van der Waals surface area (Å²) in [6.07, 6.45) is 1.56. The number of ether oxygens (including phenoxy) is 1. The summed E-state index contributed by atoms with van der Waals surface area (Å²) in [4.78, 5) is 16.9. The number of urea groups is 1. The van der Waals surface area contributed by atoms with Crippen molar-refractivity contribution in [3.8, 4) is 11.6 Å². The molecule has 2 amide bonds. The summed E-state index contributed by atoms with van der Waals surface area (Å²) in [7, 11) is -3.85. The van der Waals surface area contributed by atoms with Gasteiger partial charge in [0.2, 0.25) is 15.9 Å². The molecule has 1 fully saturated rings. The van der Waals surface area contributed by atoms with Crippen LogP contribution in [-0.2, 0) is 10.0 Å². The highest BCUT2D eigenvalue weighted by atomic mass is 35.5. The molecule has 2 N–H and O–H groups in total. The molecule has 11 heteroatoms. The number of carbonyl (C=O) groups excluding carboxylic acids is 1. The smallest absolute Gasteiger partial charge is 0.329 e. The second-order valence-electron chi connectivity index (χ2n) is 8.03. The summed E-state index contributed by atoms with van der Waals surface area (Å²) in [6, 6.07) is 23.1. The van der Waals surface area contributed by atoms with E-state index in [-0.39, 0.29) is 17.0 Å². The minimum Gasteiger partial charge on any atom is -0.438 e. The number of aromatic nitrogens is 2. The molecule has 5 rings (SSSR count). The van der Waals surface area contributed by atoms with Crippen molar-refractivity contribution in [2.75, 3.05) is 16.3 Å². The van der Waals surface area contributed by atoms with Crippen molar-refractivity contribution >= 4 is 39.0 Å². The van der Waals surface area contributed by atoms with Crippen LogP contribution < -0.4 is 19.7 Å². The SMILES string of the molecule is NS(=O)(=O)c1ccc(N2C[C@H](c3cccc(Oc4cccnn4)c3)N(c3ccc(Cl)cc3)C2=O)cc1. The lowest BCUT2D eigenvalue weighted by Gasteiger charge is -2.24. The van der Waals surface area contributed by atoms with Crippen LogP contribution in [-0.4, -0.2) is 31.2 Å². The molecule has 0 radical (unpaired) electrons. The van der Waals surface area contributed by atoms with Gasteiger partial charge in [-0.3, -0.25) is 9.80 Å². The van der Waals surface area contributed by atoms with Gasteiger partial charge in [0.05, 0.1) is 17.5 Å². The van der Waals surface area contributed by atoms with Crippen LogP contribution in [0.15, 0.2) is 96.0 Å². The molecular weight excluding hydrogens is 502 g/mol. The topological polar surface area (TPSA) is 119 Å². The van der Waals surface area contributed by atoms with Gasteiger partial charge in [0.15, 0.2) is 0 Å². The van der Waals surface area contributed by atoms with Gasteiger partial charge in [-0.25, -0.2) is 18.4 Å². The molecule has 1 aliphatic rings. The van der Waals surface area contributed by atoms with E-state index in [1.165, 1.54) is 12.1 Å². The van der Waals surface area contributed by atoms with Crippen LogP contribution in [0.1, 0.15) is 11.6 Å². The zero-order valence-corrected chi connectivity index (χ0v) is 20.3. The third-order valence-electron chi connectivity index (χ3n) is 5.70. The lowest BCUT2D eigenvalue weighted by atomic mass is 10.1. The molecule has 0 aliphatic carbocycles. The minimum atomic E-state index is -3.85. The fraction of sp³-hybridized carbons (Fsp3) is 0.0800. The number of rotatable bonds is 6. The van der Waals surface area contributed by atoms with Gasteiger partial charge in [-0.2, -0.15) is 5.10 Å². The molecule has 2 heterocycles. The molecule has 0 unspecified atom stereocenters. The maximum absolute atomic E-state index is 13.7. The van der Waals surface area contributed by atoms with Gasteiger partial charge in [-0.1, -0.05) is 23.7 Å². The lowest BCUT2D eigenvalue weighted by Crippen LogP contribution is -2.32. The largest absolute Gasteiger partial charge is 0.438 e. The van der Waals surface area contributed by atoms with Crippen LogP contribution in [0.4, 0.5) is 16.2 Å². The Morgan fingerprint density at radius 1 is 0.944 bits per heavy atom. The highest BCUT2D eigenvalue weighted by molar-refractivity contribution is 7.89. The zero-order chi connectivity index (χ0) is 25.3. The number of nitrogens with two attached hydrogens (primary N) is 1. The number of anilines is 2. The van der Waals surface area contributed by atoms with E-state index < -0.39 is 10.0 Å². The third kappa shape index (κ3) is 4.87. The summed E-state index contributed by atoms with van der Waals surface area (Å²) in [6.45, 7) is 0.310. The van der Waals surface area contributed by atoms with E-state index in [4.69, 9.17) is 21.5 Å². The van der Waals surface area contributed by atoms with Gasteiger partial charge in [0, 0.05) is 28.7 Å². The summed E-state index contributed by atoms with van der Waals surface area (Å²) in [5.41, 5.74) is 2.04. The van der Waals surface area contributed by atoms with Crippen molar-refractivity contribution in [1.29, 1.82) is 0 Å². The molecule has 1 atom stereocenters. The summed E-state index contributed by atoms with van der Waals surface area (Å²) < 4.78 is 29.1. The Kier molecular flexibility index (Phi) is 6.31. The van der Waals surface area contributed by atoms with E-state index in [0.29, 0.717) is 34.6 Å². The molecule has 4 aromatic rings. The average Bonchev–Trinajstić information content (AvgIpc) is 3.22. The predicted octanol–water partition coefficient (Wildman–Crippen LogP) is 4.76. The first-order valence-electron chi connectivity index (χ1n) is 10.8. The number of amides is 2. The third-order valence-corrected chi connectivity index (χ3v) is 6.88. The number of halogens is 1. The molecule has 3 aromatic carbocycles.